The first kappa shape index (κ1) is 19.4. The van der Waals surface area contributed by atoms with Crippen LogP contribution in [0.25, 0.3) is 0 Å². The number of nitrogens with zero attached hydrogens (tertiary/aromatic N) is 1. The van der Waals surface area contributed by atoms with E-state index >= 15 is 0 Å². The van der Waals surface area contributed by atoms with Crippen LogP contribution in [0.2, 0.25) is 0 Å². The number of phenolic OH excluding ortho intramolecular Hbond substituents is 1. The lowest BCUT2D eigenvalue weighted by Gasteiger charge is -2.22. The van der Waals surface area contributed by atoms with E-state index < -0.39 is 17.8 Å². The first-order valence-corrected chi connectivity index (χ1v) is 9.07. The Morgan fingerprint density at radius 3 is 2.68 bits per heavy atom. The van der Waals surface area contributed by atoms with Gasteiger partial charge in [0, 0.05) is 18.7 Å². The molecule has 3 rings (SSSR count). The van der Waals surface area contributed by atoms with Crippen molar-refractivity contribution in [3.8, 4) is 5.75 Å². The standard InChI is InChI=1S/C21H22N2O5/c1-3-13-6-4-5-12(2)19(13)23-11-15(10-18(23)25)20(26)22-16-9-14(21(27)28)7-8-17(16)24/h4-9,15,24H,3,10-11H2,1-2H3,(H,22,26)(H,27,28). The molecule has 2 aromatic carbocycles. The quantitative estimate of drug-likeness (QED) is 0.689. The number of hydrogen-bond acceptors (Lipinski definition) is 4. The SMILES string of the molecule is CCc1cccc(C)c1N1CC(C(=O)Nc2cc(C(=O)O)ccc2O)CC1=O. The molecule has 1 heterocycles. The molecule has 0 spiro atoms. The van der Waals surface area contributed by atoms with Gasteiger partial charge in [0.15, 0.2) is 0 Å². The Morgan fingerprint density at radius 2 is 2.00 bits per heavy atom. The van der Waals surface area contributed by atoms with Crippen LogP contribution in [0.4, 0.5) is 11.4 Å². The Morgan fingerprint density at radius 1 is 1.25 bits per heavy atom. The molecule has 7 heteroatoms. The average Bonchev–Trinajstić information content (AvgIpc) is 3.04. The number of amides is 2. The number of benzene rings is 2. The maximum atomic E-state index is 12.7. The lowest BCUT2D eigenvalue weighted by Crippen LogP contribution is -2.29. The maximum absolute atomic E-state index is 12.7. The molecule has 0 radical (unpaired) electrons. The Bertz CT molecular complexity index is 954. The lowest BCUT2D eigenvalue weighted by molar-refractivity contribution is -0.122. The highest BCUT2D eigenvalue weighted by Gasteiger charge is 2.36. The fraction of sp³-hybridized carbons (Fsp3) is 0.286. The first-order chi connectivity index (χ1) is 13.3. The van der Waals surface area contributed by atoms with Gasteiger partial charge in [-0.3, -0.25) is 9.59 Å². The Balaban J connectivity index is 1.80. The number of carbonyl (C=O) groups excluding carboxylic acids is 2. The molecule has 7 nitrogen and oxygen atoms in total. The monoisotopic (exact) mass is 382 g/mol. The zero-order chi connectivity index (χ0) is 20.4. The number of rotatable bonds is 5. The van der Waals surface area contributed by atoms with E-state index in [0.29, 0.717) is 0 Å². The van der Waals surface area contributed by atoms with Gasteiger partial charge in [0.2, 0.25) is 11.8 Å². The molecular formula is C21H22N2O5. The smallest absolute Gasteiger partial charge is 0.335 e. The van der Waals surface area contributed by atoms with Crippen LogP contribution >= 0.6 is 0 Å². The molecule has 3 N–H and O–H groups in total. The third-order valence-corrected chi connectivity index (χ3v) is 4.97. The minimum atomic E-state index is -1.16. The van der Waals surface area contributed by atoms with Crippen LogP contribution in [0.15, 0.2) is 36.4 Å². The third-order valence-electron chi connectivity index (χ3n) is 4.97. The van der Waals surface area contributed by atoms with E-state index in [1.807, 2.05) is 32.0 Å². The zero-order valence-electron chi connectivity index (χ0n) is 15.7. The number of aryl methyl sites for hydroxylation is 2. The molecule has 28 heavy (non-hydrogen) atoms. The highest BCUT2D eigenvalue weighted by molar-refractivity contribution is 6.05. The van der Waals surface area contributed by atoms with Gasteiger partial charge in [-0.1, -0.05) is 25.1 Å². The van der Waals surface area contributed by atoms with E-state index in [2.05, 4.69) is 5.32 Å². The van der Waals surface area contributed by atoms with Gasteiger partial charge >= 0.3 is 5.97 Å². The summed E-state index contributed by atoms with van der Waals surface area (Å²) in [7, 11) is 0. The summed E-state index contributed by atoms with van der Waals surface area (Å²) >= 11 is 0. The number of aromatic carboxylic acids is 1. The number of carboxylic acid groups (broad SMARTS) is 1. The number of anilines is 2. The maximum Gasteiger partial charge on any atom is 0.335 e. The van der Waals surface area contributed by atoms with E-state index in [-0.39, 0.29) is 35.9 Å². The second-order valence-electron chi connectivity index (χ2n) is 6.87. The molecular weight excluding hydrogens is 360 g/mol. The highest BCUT2D eigenvalue weighted by Crippen LogP contribution is 2.33. The molecule has 2 aromatic rings. The van der Waals surface area contributed by atoms with Crippen molar-refractivity contribution in [2.75, 3.05) is 16.8 Å². The van der Waals surface area contributed by atoms with Crippen LogP contribution in [-0.2, 0) is 16.0 Å². The van der Waals surface area contributed by atoms with Gasteiger partial charge in [0.1, 0.15) is 5.75 Å². The fourth-order valence-electron chi connectivity index (χ4n) is 3.49. The van der Waals surface area contributed by atoms with Crippen molar-refractivity contribution in [3.05, 3.63) is 53.1 Å². The number of phenols is 1. The van der Waals surface area contributed by atoms with Crippen LogP contribution in [0.3, 0.4) is 0 Å². The second kappa shape index (κ2) is 7.72. The second-order valence-corrected chi connectivity index (χ2v) is 6.87. The average molecular weight is 382 g/mol. The summed E-state index contributed by atoms with van der Waals surface area (Å²) in [6.45, 7) is 4.19. The van der Waals surface area contributed by atoms with Crippen LogP contribution in [-0.4, -0.2) is 34.5 Å². The summed E-state index contributed by atoms with van der Waals surface area (Å²) in [6, 6.07) is 9.51. The summed E-state index contributed by atoms with van der Waals surface area (Å²) in [5, 5.41) is 21.5. The van der Waals surface area contributed by atoms with Crippen molar-refractivity contribution >= 4 is 29.2 Å². The summed E-state index contributed by atoms with van der Waals surface area (Å²) in [4.78, 5) is 38.0. The normalized spacial score (nSPS) is 16.3. The van der Waals surface area contributed by atoms with Crippen LogP contribution in [0.1, 0.15) is 34.8 Å². The number of carboxylic acids is 1. The molecule has 0 bridgehead atoms. The first-order valence-electron chi connectivity index (χ1n) is 9.07. The van der Waals surface area contributed by atoms with Gasteiger partial charge in [0.25, 0.3) is 0 Å². The van der Waals surface area contributed by atoms with Crippen molar-refractivity contribution in [2.45, 2.75) is 26.7 Å². The lowest BCUT2D eigenvalue weighted by atomic mass is 10.0. The van der Waals surface area contributed by atoms with Crippen molar-refractivity contribution in [1.82, 2.24) is 0 Å². The topological polar surface area (TPSA) is 107 Å². The third kappa shape index (κ3) is 3.69. The van der Waals surface area contributed by atoms with Crippen LogP contribution < -0.4 is 10.2 Å². The minimum Gasteiger partial charge on any atom is -0.506 e. The molecule has 0 aromatic heterocycles. The van der Waals surface area contributed by atoms with Gasteiger partial charge in [-0.2, -0.15) is 0 Å². The number of aromatic hydroxyl groups is 1. The van der Waals surface area contributed by atoms with E-state index in [1.165, 1.54) is 18.2 Å². The van der Waals surface area contributed by atoms with Crippen molar-refractivity contribution < 1.29 is 24.6 Å². The van der Waals surface area contributed by atoms with E-state index in [4.69, 9.17) is 5.11 Å². The van der Waals surface area contributed by atoms with Gasteiger partial charge in [0.05, 0.1) is 17.2 Å². The molecule has 1 unspecified atom stereocenters. The summed E-state index contributed by atoms with van der Waals surface area (Å²) in [5.41, 5.74) is 2.83. The molecule has 1 atom stereocenters. The van der Waals surface area contributed by atoms with E-state index in [1.54, 1.807) is 4.90 Å². The Hall–Kier alpha value is -3.35. The van der Waals surface area contributed by atoms with Gasteiger partial charge in [-0.25, -0.2) is 4.79 Å². The Kier molecular flexibility index (Phi) is 5.35. The summed E-state index contributed by atoms with van der Waals surface area (Å²) in [6.07, 6.45) is 0.830. The summed E-state index contributed by atoms with van der Waals surface area (Å²) < 4.78 is 0. The predicted octanol–water partition coefficient (Wildman–Crippen LogP) is 2.95. The minimum absolute atomic E-state index is 0.0148. The number of para-hydroxylation sites is 1. The van der Waals surface area contributed by atoms with Crippen molar-refractivity contribution in [3.63, 3.8) is 0 Å². The highest BCUT2D eigenvalue weighted by atomic mass is 16.4. The molecule has 2 amide bonds. The predicted molar refractivity (Wildman–Crippen MR) is 105 cm³/mol. The molecule has 1 saturated heterocycles. The number of nitrogens with one attached hydrogen (secondary N) is 1. The van der Waals surface area contributed by atoms with Gasteiger partial charge in [-0.15, -0.1) is 0 Å². The number of hydrogen-bond donors (Lipinski definition) is 3. The molecule has 146 valence electrons. The van der Waals surface area contributed by atoms with Crippen LogP contribution in [0, 0.1) is 12.8 Å². The number of carbonyl (C=O) groups is 3. The van der Waals surface area contributed by atoms with Crippen LogP contribution in [0.5, 0.6) is 5.75 Å². The van der Waals surface area contributed by atoms with Crippen molar-refractivity contribution in [1.29, 1.82) is 0 Å². The van der Waals surface area contributed by atoms with Gasteiger partial charge in [-0.05, 0) is 42.7 Å². The fourth-order valence-corrected chi connectivity index (χ4v) is 3.49. The van der Waals surface area contributed by atoms with Gasteiger partial charge < -0.3 is 20.4 Å². The molecule has 0 aliphatic carbocycles. The summed E-state index contributed by atoms with van der Waals surface area (Å²) in [5.74, 6) is -2.55. The Labute approximate surface area is 162 Å². The molecule has 1 aliphatic rings. The zero-order valence-corrected chi connectivity index (χ0v) is 15.7. The van der Waals surface area contributed by atoms with E-state index in [0.717, 1.165) is 23.2 Å². The molecule has 1 aliphatic heterocycles. The van der Waals surface area contributed by atoms with E-state index in [9.17, 15) is 19.5 Å². The molecule has 1 fully saturated rings. The largest absolute Gasteiger partial charge is 0.506 e. The molecule has 0 saturated carbocycles. The van der Waals surface area contributed by atoms with Crippen molar-refractivity contribution in [2.24, 2.45) is 5.92 Å².